The quantitative estimate of drug-likeness (QED) is 0.755. The molecule has 0 aliphatic carbocycles. The van der Waals surface area contributed by atoms with Crippen molar-refractivity contribution in [2.24, 2.45) is 5.41 Å². The monoisotopic (exact) mass is 326 g/mol. The van der Waals surface area contributed by atoms with Crippen LogP contribution in [0.4, 0.5) is 0 Å². The van der Waals surface area contributed by atoms with Crippen LogP contribution in [0.5, 0.6) is 5.75 Å². The molecule has 0 spiro atoms. The van der Waals surface area contributed by atoms with Gasteiger partial charge >= 0.3 is 0 Å². The van der Waals surface area contributed by atoms with E-state index in [-0.39, 0.29) is 11.7 Å². The van der Waals surface area contributed by atoms with Crippen LogP contribution in [0.3, 0.4) is 0 Å². The predicted octanol–water partition coefficient (Wildman–Crippen LogP) is 3.95. The Bertz CT molecular complexity index is 595. The number of carbonyl (C=O) groups excluding carboxylic acids is 1. The van der Waals surface area contributed by atoms with E-state index in [1.54, 1.807) is 61.4 Å². The lowest BCUT2D eigenvalue weighted by Crippen LogP contribution is -2.36. The van der Waals surface area contributed by atoms with Crippen molar-refractivity contribution in [3.63, 3.8) is 0 Å². The number of halogens is 2. The summed E-state index contributed by atoms with van der Waals surface area (Å²) in [6.07, 6.45) is 4.01. The van der Waals surface area contributed by atoms with Gasteiger partial charge in [-0.05, 0) is 24.3 Å². The number of benzene rings is 1. The van der Waals surface area contributed by atoms with Gasteiger partial charge in [0.05, 0.1) is 6.33 Å². The van der Waals surface area contributed by atoms with Crippen molar-refractivity contribution in [1.29, 1.82) is 0 Å². The van der Waals surface area contributed by atoms with E-state index < -0.39 is 11.6 Å². The van der Waals surface area contributed by atoms with E-state index in [2.05, 4.69) is 4.98 Å². The van der Waals surface area contributed by atoms with Crippen molar-refractivity contribution in [1.82, 2.24) is 9.55 Å². The maximum Gasteiger partial charge on any atom is 0.236 e. The van der Waals surface area contributed by atoms with Gasteiger partial charge in [-0.3, -0.25) is 9.36 Å². The molecule has 1 atom stereocenters. The molecule has 112 valence electrons. The molecular weight excluding hydrogens is 311 g/mol. The summed E-state index contributed by atoms with van der Waals surface area (Å²) in [6, 6.07) is 6.85. The van der Waals surface area contributed by atoms with Gasteiger partial charge in [0.15, 0.2) is 0 Å². The molecule has 0 bridgehead atoms. The first-order valence-corrected chi connectivity index (χ1v) is 7.35. The minimum Gasteiger partial charge on any atom is -0.463 e. The minimum atomic E-state index is -0.817. The van der Waals surface area contributed by atoms with Crippen molar-refractivity contribution in [2.45, 2.75) is 20.1 Å². The smallest absolute Gasteiger partial charge is 0.236 e. The number of alkyl halides is 1. The van der Waals surface area contributed by atoms with Crippen LogP contribution in [0.2, 0.25) is 5.02 Å². The Morgan fingerprint density at radius 3 is 2.57 bits per heavy atom. The first-order valence-electron chi connectivity index (χ1n) is 6.44. The fourth-order valence-electron chi connectivity index (χ4n) is 1.70. The average Bonchev–Trinajstić information content (AvgIpc) is 3.00. The molecule has 2 aromatic rings. The first kappa shape index (κ1) is 15.9. The molecule has 4 nitrogen and oxygen atoms in total. The van der Waals surface area contributed by atoms with Gasteiger partial charge in [0.25, 0.3) is 0 Å². The Morgan fingerprint density at radius 2 is 2.05 bits per heavy atom. The second kappa shape index (κ2) is 6.50. The molecule has 0 aliphatic heterocycles. The Balaban J connectivity index is 2.29. The van der Waals surface area contributed by atoms with E-state index in [0.717, 1.165) is 0 Å². The molecule has 0 saturated carbocycles. The highest BCUT2D eigenvalue weighted by atomic mass is 35.5. The molecule has 1 unspecified atom stereocenters. The van der Waals surface area contributed by atoms with Crippen LogP contribution in [-0.2, 0) is 4.79 Å². The number of Topliss-reactive ketones (excluding diaryl/α,β-unsaturated/α-hetero) is 1. The number of aromatic nitrogens is 2. The van der Waals surface area contributed by atoms with Gasteiger partial charge in [-0.15, -0.1) is 11.6 Å². The molecule has 6 heteroatoms. The van der Waals surface area contributed by atoms with Crippen LogP contribution in [0, 0.1) is 5.41 Å². The fourth-order valence-corrected chi connectivity index (χ4v) is 1.96. The lowest BCUT2D eigenvalue weighted by atomic mass is 9.89. The molecule has 0 fully saturated rings. The number of nitrogens with zero attached hydrogens (tertiary/aromatic N) is 2. The van der Waals surface area contributed by atoms with E-state index in [0.29, 0.717) is 10.8 Å². The van der Waals surface area contributed by atoms with E-state index in [9.17, 15) is 4.79 Å². The van der Waals surface area contributed by atoms with Crippen molar-refractivity contribution in [2.75, 3.05) is 5.88 Å². The molecule has 1 heterocycles. The number of carbonyl (C=O) groups is 1. The SMILES string of the molecule is CC(C)(CCl)C(=O)C(Oc1ccc(Cl)cc1)n1ccnc1. The van der Waals surface area contributed by atoms with Gasteiger partial charge in [-0.25, -0.2) is 4.98 Å². The molecule has 0 N–H and O–H groups in total. The zero-order valence-electron chi connectivity index (χ0n) is 11.8. The van der Waals surface area contributed by atoms with Gasteiger partial charge in [0, 0.05) is 28.7 Å². The fraction of sp³-hybridized carbons (Fsp3) is 0.333. The third-order valence-electron chi connectivity index (χ3n) is 3.08. The Morgan fingerprint density at radius 1 is 1.38 bits per heavy atom. The van der Waals surface area contributed by atoms with Crippen LogP contribution in [0.15, 0.2) is 43.0 Å². The molecule has 1 aromatic carbocycles. The number of imidazole rings is 1. The lowest BCUT2D eigenvalue weighted by Gasteiger charge is -2.27. The highest BCUT2D eigenvalue weighted by Gasteiger charge is 2.35. The molecule has 0 saturated heterocycles. The third kappa shape index (κ3) is 3.77. The Labute approximate surface area is 133 Å². The van der Waals surface area contributed by atoms with Gasteiger partial charge in [0.2, 0.25) is 12.0 Å². The van der Waals surface area contributed by atoms with E-state index in [4.69, 9.17) is 27.9 Å². The lowest BCUT2D eigenvalue weighted by molar-refractivity contribution is -0.137. The summed E-state index contributed by atoms with van der Waals surface area (Å²) in [7, 11) is 0. The average molecular weight is 327 g/mol. The van der Waals surface area contributed by atoms with Crippen molar-refractivity contribution in [3.8, 4) is 5.75 Å². The number of hydrogen-bond donors (Lipinski definition) is 0. The summed E-state index contributed by atoms with van der Waals surface area (Å²) in [5, 5.41) is 0.606. The van der Waals surface area contributed by atoms with Gasteiger partial charge in [-0.1, -0.05) is 25.4 Å². The second-order valence-electron chi connectivity index (χ2n) is 5.32. The highest BCUT2D eigenvalue weighted by molar-refractivity contribution is 6.30. The van der Waals surface area contributed by atoms with Crippen molar-refractivity contribution < 1.29 is 9.53 Å². The zero-order chi connectivity index (χ0) is 15.5. The molecule has 21 heavy (non-hydrogen) atoms. The number of ketones is 1. The maximum absolute atomic E-state index is 12.7. The van der Waals surface area contributed by atoms with Crippen LogP contribution in [-0.4, -0.2) is 21.2 Å². The summed E-state index contributed by atoms with van der Waals surface area (Å²) in [6.45, 7) is 3.58. The molecule has 2 rings (SSSR count). The van der Waals surface area contributed by atoms with Gasteiger partial charge in [-0.2, -0.15) is 0 Å². The van der Waals surface area contributed by atoms with E-state index in [1.807, 2.05) is 0 Å². The molecule has 0 amide bonds. The summed E-state index contributed by atoms with van der Waals surface area (Å²) in [5.41, 5.74) is -0.705. The second-order valence-corrected chi connectivity index (χ2v) is 6.02. The largest absolute Gasteiger partial charge is 0.463 e. The number of rotatable bonds is 6. The molecular formula is C15H16Cl2N2O2. The van der Waals surface area contributed by atoms with E-state index >= 15 is 0 Å². The number of hydrogen-bond acceptors (Lipinski definition) is 3. The zero-order valence-corrected chi connectivity index (χ0v) is 13.3. The standard InChI is InChI=1S/C15H16Cl2N2O2/c1-15(2,9-16)13(20)14(19-8-7-18-10-19)21-12-5-3-11(17)4-6-12/h3-8,10,14H,9H2,1-2H3. The summed E-state index contributed by atoms with van der Waals surface area (Å²) < 4.78 is 7.44. The van der Waals surface area contributed by atoms with E-state index in [1.165, 1.54) is 0 Å². The first-order chi connectivity index (χ1) is 9.94. The highest BCUT2D eigenvalue weighted by Crippen LogP contribution is 2.28. The van der Waals surface area contributed by atoms with Crippen LogP contribution in [0.1, 0.15) is 20.1 Å². The third-order valence-corrected chi connectivity index (χ3v) is 4.00. The van der Waals surface area contributed by atoms with Crippen LogP contribution >= 0.6 is 23.2 Å². The molecule has 0 radical (unpaired) electrons. The Hall–Kier alpha value is -1.52. The molecule has 1 aromatic heterocycles. The van der Waals surface area contributed by atoms with Crippen molar-refractivity contribution >= 4 is 29.0 Å². The summed E-state index contributed by atoms with van der Waals surface area (Å²) in [4.78, 5) is 16.6. The Kier molecular flexibility index (Phi) is 4.91. The summed E-state index contributed by atoms with van der Waals surface area (Å²) in [5.74, 6) is 0.642. The number of ether oxygens (including phenoxy) is 1. The maximum atomic E-state index is 12.7. The van der Waals surface area contributed by atoms with Gasteiger partial charge < -0.3 is 4.74 Å². The van der Waals surface area contributed by atoms with Gasteiger partial charge in [0.1, 0.15) is 5.75 Å². The normalized spacial score (nSPS) is 13.0. The van der Waals surface area contributed by atoms with Crippen LogP contribution < -0.4 is 4.74 Å². The predicted molar refractivity (Wildman–Crippen MR) is 82.9 cm³/mol. The van der Waals surface area contributed by atoms with Crippen molar-refractivity contribution in [3.05, 3.63) is 48.0 Å². The summed E-state index contributed by atoms with van der Waals surface area (Å²) >= 11 is 11.7. The molecule has 0 aliphatic rings. The topological polar surface area (TPSA) is 44.1 Å². The minimum absolute atomic E-state index is 0.120. The van der Waals surface area contributed by atoms with Crippen LogP contribution in [0.25, 0.3) is 0 Å².